The fraction of sp³-hybridized carbons (Fsp3) is 0.500. The van der Waals surface area contributed by atoms with Crippen molar-refractivity contribution in [3.05, 3.63) is 34.9 Å². The molecule has 0 spiro atoms. The van der Waals surface area contributed by atoms with E-state index in [0.29, 0.717) is 19.6 Å². The number of ether oxygens (including phenoxy) is 1. The largest absolute Gasteiger partial charge is 0.466 e. The molecule has 1 N–H and O–H groups in total. The van der Waals surface area contributed by atoms with E-state index < -0.39 is 0 Å². The number of carbonyl (C=O) groups is 1. The molecular weight excluding hydrogens is 250 g/mol. The molecule has 0 heterocycles. The second-order valence-electron chi connectivity index (χ2n) is 4.02. The summed E-state index contributed by atoms with van der Waals surface area (Å²) in [5.41, 5.74) is 1.19. The van der Waals surface area contributed by atoms with E-state index in [9.17, 15) is 4.79 Å². The van der Waals surface area contributed by atoms with Crippen molar-refractivity contribution in [1.82, 2.24) is 5.32 Å². The predicted octanol–water partition coefficient (Wildman–Crippen LogP) is 3.33. The Labute approximate surface area is 113 Å². The molecule has 0 aromatic heterocycles. The van der Waals surface area contributed by atoms with Gasteiger partial charge in [0.25, 0.3) is 0 Å². The number of rotatable bonds is 7. The van der Waals surface area contributed by atoms with E-state index in [2.05, 4.69) is 12.2 Å². The predicted molar refractivity (Wildman–Crippen MR) is 73.7 cm³/mol. The van der Waals surface area contributed by atoms with E-state index in [1.165, 1.54) is 5.56 Å². The van der Waals surface area contributed by atoms with Crippen molar-refractivity contribution in [2.75, 3.05) is 13.2 Å². The Kier molecular flexibility index (Phi) is 6.76. The number of hydrogen-bond acceptors (Lipinski definition) is 3. The molecule has 0 saturated heterocycles. The van der Waals surface area contributed by atoms with Crippen LogP contribution in [0.4, 0.5) is 0 Å². The molecule has 18 heavy (non-hydrogen) atoms. The van der Waals surface area contributed by atoms with Gasteiger partial charge in [0.2, 0.25) is 0 Å². The Bertz CT molecular complexity index is 365. The Morgan fingerprint density at radius 1 is 1.33 bits per heavy atom. The molecule has 3 nitrogen and oxygen atoms in total. The Balaban J connectivity index is 2.42. The highest BCUT2D eigenvalue weighted by Gasteiger charge is 2.09. The molecule has 0 bridgehead atoms. The summed E-state index contributed by atoms with van der Waals surface area (Å²) in [6.07, 6.45) is 1.36. The molecule has 1 unspecified atom stereocenters. The van der Waals surface area contributed by atoms with Crippen LogP contribution in [-0.2, 0) is 9.53 Å². The summed E-state index contributed by atoms with van der Waals surface area (Å²) in [5.74, 6) is -0.157. The van der Waals surface area contributed by atoms with Crippen LogP contribution in [0.5, 0.6) is 0 Å². The van der Waals surface area contributed by atoms with Crippen LogP contribution < -0.4 is 5.32 Å². The van der Waals surface area contributed by atoms with Gasteiger partial charge in [0.15, 0.2) is 0 Å². The van der Waals surface area contributed by atoms with Gasteiger partial charge in [-0.1, -0.05) is 30.7 Å². The van der Waals surface area contributed by atoms with Gasteiger partial charge in [-0.25, -0.2) is 0 Å². The van der Waals surface area contributed by atoms with Gasteiger partial charge >= 0.3 is 5.97 Å². The van der Waals surface area contributed by atoms with Gasteiger partial charge in [-0.2, -0.15) is 0 Å². The van der Waals surface area contributed by atoms with Gasteiger partial charge in [0.05, 0.1) is 13.0 Å². The lowest BCUT2D eigenvalue weighted by Crippen LogP contribution is -2.24. The summed E-state index contributed by atoms with van der Waals surface area (Å²) in [7, 11) is 0. The Hall–Kier alpha value is -1.06. The highest BCUT2D eigenvalue weighted by molar-refractivity contribution is 6.30. The summed E-state index contributed by atoms with van der Waals surface area (Å²) >= 11 is 5.86. The smallest absolute Gasteiger partial charge is 0.307 e. The zero-order chi connectivity index (χ0) is 13.4. The molecule has 100 valence electrons. The first kappa shape index (κ1) is 15.0. The van der Waals surface area contributed by atoms with E-state index in [1.807, 2.05) is 31.2 Å². The second-order valence-corrected chi connectivity index (χ2v) is 4.46. The van der Waals surface area contributed by atoms with Gasteiger partial charge in [0.1, 0.15) is 0 Å². The van der Waals surface area contributed by atoms with Crippen LogP contribution in [0.15, 0.2) is 24.3 Å². The topological polar surface area (TPSA) is 38.3 Å². The van der Waals surface area contributed by atoms with Gasteiger partial charge in [-0.15, -0.1) is 0 Å². The molecule has 1 aromatic carbocycles. The molecule has 0 aliphatic heterocycles. The monoisotopic (exact) mass is 269 g/mol. The number of nitrogens with one attached hydrogen (secondary N) is 1. The Morgan fingerprint density at radius 3 is 2.56 bits per heavy atom. The number of halogens is 1. The zero-order valence-corrected chi connectivity index (χ0v) is 11.7. The van der Waals surface area contributed by atoms with Crippen molar-refractivity contribution in [3.8, 4) is 0 Å². The van der Waals surface area contributed by atoms with Crippen LogP contribution in [0.25, 0.3) is 0 Å². The maximum absolute atomic E-state index is 11.2. The number of esters is 1. The van der Waals surface area contributed by atoms with E-state index >= 15 is 0 Å². The van der Waals surface area contributed by atoms with Gasteiger partial charge in [-0.05, 0) is 31.0 Å². The van der Waals surface area contributed by atoms with E-state index in [1.54, 1.807) is 0 Å². The molecule has 4 heteroatoms. The summed E-state index contributed by atoms with van der Waals surface area (Å²) in [5, 5.41) is 4.09. The number of benzene rings is 1. The van der Waals surface area contributed by atoms with Crippen molar-refractivity contribution >= 4 is 17.6 Å². The fourth-order valence-electron chi connectivity index (χ4n) is 1.77. The van der Waals surface area contributed by atoms with Crippen molar-refractivity contribution in [1.29, 1.82) is 0 Å². The molecule has 0 saturated carbocycles. The van der Waals surface area contributed by atoms with Crippen molar-refractivity contribution in [2.24, 2.45) is 0 Å². The Morgan fingerprint density at radius 2 is 2.00 bits per heavy atom. The minimum atomic E-state index is -0.157. The summed E-state index contributed by atoms with van der Waals surface area (Å²) in [4.78, 5) is 11.2. The standard InChI is InChI=1S/C14H20ClNO2/c1-3-13(11-5-7-12(15)8-6-11)16-10-9-14(17)18-4-2/h5-8,13,16H,3-4,9-10H2,1-2H3. The van der Waals surface area contributed by atoms with Crippen LogP contribution in [0.1, 0.15) is 38.3 Å². The third-order valence-corrected chi connectivity index (χ3v) is 2.96. The van der Waals surface area contributed by atoms with Crippen molar-refractivity contribution < 1.29 is 9.53 Å². The van der Waals surface area contributed by atoms with E-state index in [0.717, 1.165) is 11.4 Å². The molecule has 0 aliphatic carbocycles. The molecule has 0 radical (unpaired) electrons. The SMILES string of the molecule is CCOC(=O)CCNC(CC)c1ccc(Cl)cc1. The second kappa shape index (κ2) is 8.11. The highest BCUT2D eigenvalue weighted by atomic mass is 35.5. The third kappa shape index (κ3) is 5.07. The van der Waals surface area contributed by atoms with Crippen LogP contribution in [-0.4, -0.2) is 19.1 Å². The van der Waals surface area contributed by atoms with Crippen LogP contribution in [0.2, 0.25) is 5.02 Å². The van der Waals surface area contributed by atoms with Crippen molar-refractivity contribution in [2.45, 2.75) is 32.7 Å². The first-order chi connectivity index (χ1) is 8.67. The molecule has 1 aromatic rings. The van der Waals surface area contributed by atoms with Crippen molar-refractivity contribution in [3.63, 3.8) is 0 Å². The number of hydrogen-bond donors (Lipinski definition) is 1. The van der Waals surface area contributed by atoms with E-state index in [-0.39, 0.29) is 12.0 Å². The van der Waals surface area contributed by atoms with Crippen LogP contribution in [0, 0.1) is 0 Å². The molecule has 0 amide bonds. The summed E-state index contributed by atoms with van der Waals surface area (Å²) in [6, 6.07) is 8.03. The normalized spacial score (nSPS) is 12.2. The summed E-state index contributed by atoms with van der Waals surface area (Å²) < 4.78 is 4.88. The lowest BCUT2D eigenvalue weighted by molar-refractivity contribution is -0.143. The maximum Gasteiger partial charge on any atom is 0.307 e. The quantitative estimate of drug-likeness (QED) is 0.772. The lowest BCUT2D eigenvalue weighted by atomic mass is 10.0. The maximum atomic E-state index is 11.2. The molecule has 1 atom stereocenters. The lowest BCUT2D eigenvalue weighted by Gasteiger charge is -2.17. The van der Waals surface area contributed by atoms with Crippen LogP contribution in [0.3, 0.4) is 0 Å². The minimum absolute atomic E-state index is 0.157. The third-order valence-electron chi connectivity index (χ3n) is 2.71. The minimum Gasteiger partial charge on any atom is -0.466 e. The zero-order valence-electron chi connectivity index (χ0n) is 10.9. The van der Waals surface area contributed by atoms with Gasteiger partial charge in [-0.3, -0.25) is 4.79 Å². The van der Waals surface area contributed by atoms with E-state index in [4.69, 9.17) is 16.3 Å². The molecular formula is C14H20ClNO2. The first-order valence-corrected chi connectivity index (χ1v) is 6.69. The molecule has 1 rings (SSSR count). The highest BCUT2D eigenvalue weighted by Crippen LogP contribution is 2.18. The average molecular weight is 270 g/mol. The number of carbonyl (C=O) groups excluding carboxylic acids is 1. The molecule has 0 fully saturated rings. The fourth-order valence-corrected chi connectivity index (χ4v) is 1.90. The molecule has 0 aliphatic rings. The van der Waals surface area contributed by atoms with Gasteiger partial charge in [0, 0.05) is 17.6 Å². The summed E-state index contributed by atoms with van der Waals surface area (Å²) in [6.45, 7) is 4.98. The average Bonchev–Trinajstić information content (AvgIpc) is 2.36. The van der Waals surface area contributed by atoms with Gasteiger partial charge < -0.3 is 10.1 Å². The first-order valence-electron chi connectivity index (χ1n) is 6.31. The van der Waals surface area contributed by atoms with Crippen LogP contribution >= 0.6 is 11.6 Å².